The van der Waals surface area contributed by atoms with Crippen LogP contribution in [0.4, 0.5) is 5.69 Å². The number of hydrogen-bond acceptors (Lipinski definition) is 4. The standard InChI is InChI=1S/C19H23N3O2/c1-24-17-9-7-16(8-10-17)21-11-13-22(14-12-21)19(23)18(20)15-5-3-2-4-6-15/h2-10,18H,11-14,20H2,1H3/t18-/m0/s1. The molecule has 0 spiro atoms. The summed E-state index contributed by atoms with van der Waals surface area (Å²) in [7, 11) is 1.66. The summed E-state index contributed by atoms with van der Waals surface area (Å²) in [5, 5.41) is 0. The number of anilines is 1. The van der Waals surface area contributed by atoms with Crippen LogP contribution in [0.25, 0.3) is 0 Å². The van der Waals surface area contributed by atoms with Crippen molar-refractivity contribution in [3.63, 3.8) is 0 Å². The molecule has 5 heteroatoms. The minimum atomic E-state index is -0.585. The van der Waals surface area contributed by atoms with Crippen LogP contribution in [0.1, 0.15) is 11.6 Å². The highest BCUT2D eigenvalue weighted by Crippen LogP contribution is 2.21. The van der Waals surface area contributed by atoms with Crippen LogP contribution < -0.4 is 15.4 Å². The van der Waals surface area contributed by atoms with E-state index in [9.17, 15) is 4.79 Å². The largest absolute Gasteiger partial charge is 0.497 e. The average molecular weight is 325 g/mol. The van der Waals surface area contributed by atoms with E-state index in [1.54, 1.807) is 7.11 Å². The second-order valence-electron chi connectivity index (χ2n) is 5.90. The number of carbonyl (C=O) groups excluding carboxylic acids is 1. The van der Waals surface area contributed by atoms with Gasteiger partial charge in [0.25, 0.3) is 0 Å². The highest BCUT2D eigenvalue weighted by atomic mass is 16.5. The lowest BCUT2D eigenvalue weighted by Gasteiger charge is -2.37. The average Bonchev–Trinajstić information content (AvgIpc) is 2.68. The summed E-state index contributed by atoms with van der Waals surface area (Å²) in [6.07, 6.45) is 0. The molecule has 0 radical (unpaired) electrons. The van der Waals surface area contributed by atoms with Gasteiger partial charge >= 0.3 is 0 Å². The second-order valence-corrected chi connectivity index (χ2v) is 5.90. The highest BCUT2D eigenvalue weighted by Gasteiger charge is 2.26. The number of piperazine rings is 1. The van der Waals surface area contributed by atoms with Crippen molar-refractivity contribution in [1.82, 2.24) is 4.90 Å². The van der Waals surface area contributed by atoms with Crippen molar-refractivity contribution in [2.75, 3.05) is 38.2 Å². The molecule has 1 saturated heterocycles. The van der Waals surface area contributed by atoms with E-state index in [2.05, 4.69) is 4.90 Å². The molecule has 1 aliphatic rings. The summed E-state index contributed by atoms with van der Waals surface area (Å²) < 4.78 is 5.19. The van der Waals surface area contributed by atoms with Gasteiger partial charge in [-0.2, -0.15) is 0 Å². The van der Waals surface area contributed by atoms with Crippen molar-refractivity contribution in [3.8, 4) is 5.75 Å². The number of amides is 1. The van der Waals surface area contributed by atoms with Crippen molar-refractivity contribution in [3.05, 3.63) is 60.2 Å². The van der Waals surface area contributed by atoms with Gasteiger partial charge in [0, 0.05) is 31.9 Å². The Bertz CT molecular complexity index is 665. The summed E-state index contributed by atoms with van der Waals surface area (Å²) in [6.45, 7) is 2.98. The molecule has 1 heterocycles. The molecular weight excluding hydrogens is 302 g/mol. The smallest absolute Gasteiger partial charge is 0.244 e. The number of hydrogen-bond donors (Lipinski definition) is 1. The zero-order valence-electron chi connectivity index (χ0n) is 13.9. The van der Waals surface area contributed by atoms with Crippen molar-refractivity contribution in [2.24, 2.45) is 5.73 Å². The van der Waals surface area contributed by atoms with E-state index in [4.69, 9.17) is 10.5 Å². The summed E-state index contributed by atoms with van der Waals surface area (Å²) >= 11 is 0. The number of ether oxygens (including phenoxy) is 1. The van der Waals surface area contributed by atoms with Crippen LogP contribution in [0.2, 0.25) is 0 Å². The van der Waals surface area contributed by atoms with Crippen LogP contribution in [-0.2, 0) is 4.79 Å². The maximum atomic E-state index is 12.6. The Morgan fingerprint density at radius 1 is 1.00 bits per heavy atom. The zero-order valence-corrected chi connectivity index (χ0v) is 13.9. The quantitative estimate of drug-likeness (QED) is 0.935. The first-order valence-corrected chi connectivity index (χ1v) is 8.17. The third kappa shape index (κ3) is 3.51. The van der Waals surface area contributed by atoms with Crippen molar-refractivity contribution >= 4 is 11.6 Å². The van der Waals surface area contributed by atoms with E-state index in [1.165, 1.54) is 0 Å². The van der Waals surface area contributed by atoms with Crippen LogP contribution in [0, 0.1) is 0 Å². The molecule has 0 saturated carbocycles. The van der Waals surface area contributed by atoms with Gasteiger partial charge in [-0.05, 0) is 29.8 Å². The molecule has 3 rings (SSSR count). The zero-order chi connectivity index (χ0) is 16.9. The maximum absolute atomic E-state index is 12.6. The molecule has 0 unspecified atom stereocenters. The fourth-order valence-electron chi connectivity index (χ4n) is 2.98. The Labute approximate surface area is 142 Å². The van der Waals surface area contributed by atoms with E-state index >= 15 is 0 Å². The molecule has 1 amide bonds. The van der Waals surface area contributed by atoms with E-state index < -0.39 is 6.04 Å². The summed E-state index contributed by atoms with van der Waals surface area (Å²) in [6, 6.07) is 17.0. The maximum Gasteiger partial charge on any atom is 0.244 e. The lowest BCUT2D eigenvalue weighted by atomic mass is 10.1. The van der Waals surface area contributed by atoms with E-state index in [1.807, 2.05) is 59.5 Å². The van der Waals surface area contributed by atoms with Crippen LogP contribution in [-0.4, -0.2) is 44.1 Å². The number of nitrogens with zero attached hydrogens (tertiary/aromatic N) is 2. The van der Waals surface area contributed by atoms with Crippen LogP contribution in [0.15, 0.2) is 54.6 Å². The predicted molar refractivity (Wildman–Crippen MR) is 95.2 cm³/mol. The summed E-state index contributed by atoms with van der Waals surface area (Å²) in [4.78, 5) is 16.7. The van der Waals surface area contributed by atoms with Gasteiger partial charge in [-0.25, -0.2) is 0 Å². The van der Waals surface area contributed by atoms with Gasteiger partial charge in [0.05, 0.1) is 7.11 Å². The molecule has 1 atom stereocenters. The molecule has 126 valence electrons. The third-order valence-corrected chi connectivity index (χ3v) is 4.45. The van der Waals surface area contributed by atoms with Crippen molar-refractivity contribution in [2.45, 2.75) is 6.04 Å². The Morgan fingerprint density at radius 2 is 1.62 bits per heavy atom. The van der Waals surface area contributed by atoms with E-state index in [0.717, 1.165) is 30.1 Å². The summed E-state index contributed by atoms with van der Waals surface area (Å²) in [5.41, 5.74) is 8.14. The van der Waals surface area contributed by atoms with Crippen molar-refractivity contribution in [1.29, 1.82) is 0 Å². The predicted octanol–water partition coefficient (Wildman–Crippen LogP) is 2.04. The molecule has 0 aliphatic carbocycles. The van der Waals surface area contributed by atoms with Crippen LogP contribution in [0.3, 0.4) is 0 Å². The number of rotatable bonds is 4. The molecule has 2 N–H and O–H groups in total. The van der Waals surface area contributed by atoms with Crippen LogP contribution >= 0.6 is 0 Å². The molecule has 24 heavy (non-hydrogen) atoms. The Morgan fingerprint density at radius 3 is 2.21 bits per heavy atom. The van der Waals surface area contributed by atoms with Crippen LogP contribution in [0.5, 0.6) is 5.75 Å². The fraction of sp³-hybridized carbons (Fsp3) is 0.316. The van der Waals surface area contributed by atoms with Gasteiger partial charge in [0.15, 0.2) is 0 Å². The SMILES string of the molecule is COc1ccc(N2CCN(C(=O)[C@@H](N)c3ccccc3)CC2)cc1. The molecule has 1 aliphatic heterocycles. The lowest BCUT2D eigenvalue weighted by Crippen LogP contribution is -2.51. The Hall–Kier alpha value is -2.53. The summed E-state index contributed by atoms with van der Waals surface area (Å²) in [5.74, 6) is 0.844. The first kappa shape index (κ1) is 16.3. The first-order chi connectivity index (χ1) is 11.7. The molecule has 5 nitrogen and oxygen atoms in total. The Kier molecular flexibility index (Phi) is 5.01. The van der Waals surface area contributed by atoms with Gasteiger partial charge in [0.2, 0.25) is 5.91 Å². The third-order valence-electron chi connectivity index (χ3n) is 4.45. The van der Waals surface area contributed by atoms with Gasteiger partial charge in [-0.15, -0.1) is 0 Å². The minimum absolute atomic E-state index is 0.00409. The highest BCUT2D eigenvalue weighted by molar-refractivity contribution is 5.83. The number of nitrogens with two attached hydrogens (primary N) is 1. The van der Waals surface area contributed by atoms with Gasteiger partial charge in [0.1, 0.15) is 11.8 Å². The monoisotopic (exact) mass is 325 g/mol. The Balaban J connectivity index is 1.59. The molecule has 2 aromatic rings. The fourth-order valence-corrected chi connectivity index (χ4v) is 2.98. The van der Waals surface area contributed by atoms with Gasteiger partial charge in [-0.3, -0.25) is 4.79 Å². The first-order valence-electron chi connectivity index (χ1n) is 8.17. The number of carbonyl (C=O) groups is 1. The molecule has 0 aromatic heterocycles. The molecule has 2 aromatic carbocycles. The number of benzene rings is 2. The van der Waals surface area contributed by atoms with Crippen molar-refractivity contribution < 1.29 is 9.53 Å². The topological polar surface area (TPSA) is 58.8 Å². The number of methoxy groups -OCH3 is 1. The van der Waals surface area contributed by atoms with E-state index in [0.29, 0.717) is 13.1 Å². The minimum Gasteiger partial charge on any atom is -0.497 e. The normalized spacial score (nSPS) is 15.9. The second kappa shape index (κ2) is 7.36. The molecule has 1 fully saturated rings. The van der Waals surface area contributed by atoms with Gasteiger partial charge in [-0.1, -0.05) is 30.3 Å². The molecule has 0 bridgehead atoms. The van der Waals surface area contributed by atoms with E-state index in [-0.39, 0.29) is 5.91 Å². The molecular formula is C19H23N3O2. The lowest BCUT2D eigenvalue weighted by molar-refractivity contribution is -0.133. The van der Waals surface area contributed by atoms with Gasteiger partial charge < -0.3 is 20.3 Å².